The van der Waals surface area contributed by atoms with Crippen LogP contribution in [0.1, 0.15) is 16.8 Å². The average Bonchev–Trinajstić information content (AvgIpc) is 2.98. The van der Waals surface area contributed by atoms with Gasteiger partial charge in [-0.05, 0) is 36.1 Å². The number of carbonyl (C=O) groups excluding carboxylic acids is 1. The van der Waals surface area contributed by atoms with E-state index in [4.69, 9.17) is 11.6 Å². The fourth-order valence-electron chi connectivity index (χ4n) is 3.14. The zero-order chi connectivity index (χ0) is 17.2. The molecule has 4 rings (SSSR count). The monoisotopic (exact) mass is 372 g/mol. The molecule has 5 nitrogen and oxygen atoms in total. The quantitative estimate of drug-likeness (QED) is 0.688. The lowest BCUT2D eigenvalue weighted by Gasteiger charge is -2.23. The maximum atomic E-state index is 12.7. The minimum absolute atomic E-state index is 0.0355. The molecule has 25 heavy (non-hydrogen) atoms. The van der Waals surface area contributed by atoms with Crippen LogP contribution in [-0.4, -0.2) is 47.0 Å². The van der Waals surface area contributed by atoms with Crippen LogP contribution in [0.3, 0.4) is 0 Å². The fraction of sp³-hybridized carbons (Fsp3) is 0.278. The van der Waals surface area contributed by atoms with Gasteiger partial charge >= 0.3 is 0 Å². The van der Waals surface area contributed by atoms with Crippen molar-refractivity contribution >= 4 is 44.9 Å². The summed E-state index contributed by atoms with van der Waals surface area (Å²) in [5, 5.41) is 2.62. The number of halogens is 1. The summed E-state index contributed by atoms with van der Waals surface area (Å²) in [7, 11) is 0. The third-order valence-corrected chi connectivity index (χ3v) is 5.51. The maximum Gasteiger partial charge on any atom is 0.253 e. The van der Waals surface area contributed by atoms with Gasteiger partial charge in [-0.25, -0.2) is 9.97 Å². The van der Waals surface area contributed by atoms with Crippen molar-refractivity contribution in [2.75, 3.05) is 31.1 Å². The van der Waals surface area contributed by atoms with E-state index in [9.17, 15) is 4.79 Å². The first kappa shape index (κ1) is 16.3. The molecule has 2 aromatic heterocycles. The second-order valence-electron chi connectivity index (χ2n) is 5.98. The Bertz CT molecular complexity index is 913. The van der Waals surface area contributed by atoms with Crippen molar-refractivity contribution in [3.63, 3.8) is 0 Å². The Labute approximate surface area is 154 Å². The van der Waals surface area contributed by atoms with Crippen molar-refractivity contribution in [1.82, 2.24) is 14.9 Å². The van der Waals surface area contributed by atoms with E-state index in [0.29, 0.717) is 17.1 Å². The molecule has 1 aliphatic rings. The maximum absolute atomic E-state index is 12.7. The van der Waals surface area contributed by atoms with E-state index < -0.39 is 0 Å². The number of amides is 1. The molecule has 0 aliphatic carbocycles. The van der Waals surface area contributed by atoms with Gasteiger partial charge in [0.2, 0.25) is 0 Å². The molecule has 1 saturated heterocycles. The lowest BCUT2D eigenvalue weighted by Crippen LogP contribution is -2.35. The number of fused-ring (bicyclic) bond motifs is 1. The van der Waals surface area contributed by atoms with Gasteiger partial charge in [-0.3, -0.25) is 4.79 Å². The number of anilines is 1. The molecule has 1 aromatic carbocycles. The van der Waals surface area contributed by atoms with E-state index in [0.717, 1.165) is 42.1 Å². The number of benzene rings is 1. The van der Waals surface area contributed by atoms with Crippen molar-refractivity contribution in [3.8, 4) is 0 Å². The van der Waals surface area contributed by atoms with Crippen molar-refractivity contribution in [2.24, 2.45) is 0 Å². The molecule has 0 radical (unpaired) electrons. The molecule has 0 unspecified atom stereocenters. The number of nitrogens with zero attached hydrogens (tertiary/aromatic N) is 4. The SMILES string of the molecule is O=C(c1cccc(Cl)c1)N1CCCN(c2ncnc3ccsc23)CC1. The van der Waals surface area contributed by atoms with E-state index >= 15 is 0 Å². The molecule has 0 N–H and O–H groups in total. The van der Waals surface area contributed by atoms with Gasteiger partial charge in [-0.1, -0.05) is 17.7 Å². The molecule has 3 heterocycles. The molecule has 0 spiro atoms. The molecule has 1 aliphatic heterocycles. The molecule has 7 heteroatoms. The van der Waals surface area contributed by atoms with E-state index in [1.54, 1.807) is 29.8 Å². The Morgan fingerprint density at radius 2 is 2.04 bits per heavy atom. The van der Waals surface area contributed by atoms with Gasteiger partial charge < -0.3 is 9.80 Å². The van der Waals surface area contributed by atoms with Crippen LogP contribution in [0.4, 0.5) is 5.82 Å². The highest BCUT2D eigenvalue weighted by molar-refractivity contribution is 7.17. The van der Waals surface area contributed by atoms with Gasteiger partial charge in [0.05, 0.1) is 10.2 Å². The van der Waals surface area contributed by atoms with Gasteiger partial charge in [0.15, 0.2) is 0 Å². The molecule has 128 valence electrons. The Morgan fingerprint density at radius 3 is 2.92 bits per heavy atom. The molecular weight excluding hydrogens is 356 g/mol. The van der Waals surface area contributed by atoms with Crippen LogP contribution >= 0.6 is 22.9 Å². The first-order chi connectivity index (χ1) is 12.2. The van der Waals surface area contributed by atoms with Crippen molar-refractivity contribution in [1.29, 1.82) is 0 Å². The van der Waals surface area contributed by atoms with Crippen LogP contribution in [0.25, 0.3) is 10.2 Å². The first-order valence-corrected chi connectivity index (χ1v) is 9.46. The molecule has 3 aromatic rings. The second kappa shape index (κ2) is 6.98. The number of aromatic nitrogens is 2. The number of hydrogen-bond donors (Lipinski definition) is 0. The molecule has 0 atom stereocenters. The summed E-state index contributed by atoms with van der Waals surface area (Å²) in [6, 6.07) is 9.15. The van der Waals surface area contributed by atoms with Crippen LogP contribution in [0, 0.1) is 0 Å². The minimum Gasteiger partial charge on any atom is -0.353 e. The van der Waals surface area contributed by atoms with E-state index in [1.807, 2.05) is 28.5 Å². The van der Waals surface area contributed by atoms with E-state index in [1.165, 1.54) is 0 Å². The Morgan fingerprint density at radius 1 is 1.12 bits per heavy atom. The first-order valence-electron chi connectivity index (χ1n) is 8.20. The molecule has 0 saturated carbocycles. The Kier molecular flexibility index (Phi) is 4.55. The minimum atomic E-state index is 0.0355. The van der Waals surface area contributed by atoms with Crippen molar-refractivity contribution in [2.45, 2.75) is 6.42 Å². The van der Waals surface area contributed by atoms with Crippen LogP contribution in [0.5, 0.6) is 0 Å². The Hall–Kier alpha value is -2.18. The smallest absolute Gasteiger partial charge is 0.253 e. The van der Waals surface area contributed by atoms with Gasteiger partial charge in [0, 0.05) is 36.8 Å². The number of rotatable bonds is 2. The van der Waals surface area contributed by atoms with Gasteiger partial charge in [-0.15, -0.1) is 11.3 Å². The third-order valence-electron chi connectivity index (χ3n) is 4.38. The van der Waals surface area contributed by atoms with E-state index in [2.05, 4.69) is 14.9 Å². The molecule has 1 fully saturated rings. The standard InChI is InChI=1S/C18H17ClN4OS/c19-14-4-1-3-13(11-14)18(24)23-7-2-6-22(8-9-23)17-16-15(5-10-25-16)20-12-21-17/h1,3-5,10-12H,2,6-9H2. The zero-order valence-electron chi connectivity index (χ0n) is 13.6. The highest BCUT2D eigenvalue weighted by atomic mass is 35.5. The summed E-state index contributed by atoms with van der Waals surface area (Å²) >= 11 is 7.67. The zero-order valence-corrected chi connectivity index (χ0v) is 15.1. The van der Waals surface area contributed by atoms with Gasteiger partial charge in [0.25, 0.3) is 5.91 Å². The van der Waals surface area contributed by atoms with E-state index in [-0.39, 0.29) is 5.91 Å². The Balaban J connectivity index is 1.52. The topological polar surface area (TPSA) is 49.3 Å². The van der Waals surface area contributed by atoms with Crippen LogP contribution in [-0.2, 0) is 0 Å². The van der Waals surface area contributed by atoms with Gasteiger partial charge in [-0.2, -0.15) is 0 Å². The summed E-state index contributed by atoms with van der Waals surface area (Å²) in [6.45, 7) is 3.04. The number of thiophene rings is 1. The highest BCUT2D eigenvalue weighted by Crippen LogP contribution is 2.28. The lowest BCUT2D eigenvalue weighted by molar-refractivity contribution is 0.0767. The summed E-state index contributed by atoms with van der Waals surface area (Å²) in [4.78, 5) is 25.7. The lowest BCUT2D eigenvalue weighted by atomic mass is 10.2. The second-order valence-corrected chi connectivity index (χ2v) is 7.33. The number of carbonyl (C=O) groups is 1. The normalized spacial score (nSPS) is 15.4. The predicted molar refractivity (Wildman–Crippen MR) is 102 cm³/mol. The summed E-state index contributed by atoms with van der Waals surface area (Å²) in [5.41, 5.74) is 1.62. The summed E-state index contributed by atoms with van der Waals surface area (Å²) in [6.07, 6.45) is 2.52. The van der Waals surface area contributed by atoms with Crippen molar-refractivity contribution in [3.05, 3.63) is 52.6 Å². The fourth-order valence-corrected chi connectivity index (χ4v) is 4.19. The average molecular weight is 373 g/mol. The van der Waals surface area contributed by atoms with Crippen LogP contribution in [0.2, 0.25) is 5.02 Å². The summed E-state index contributed by atoms with van der Waals surface area (Å²) in [5.74, 6) is 1.00. The van der Waals surface area contributed by atoms with Crippen molar-refractivity contribution < 1.29 is 4.79 Å². The molecule has 0 bridgehead atoms. The molecule has 1 amide bonds. The predicted octanol–water partition coefficient (Wildman–Crippen LogP) is 3.70. The van der Waals surface area contributed by atoms with Crippen LogP contribution < -0.4 is 4.90 Å². The summed E-state index contributed by atoms with van der Waals surface area (Å²) < 4.78 is 1.11. The molecular formula is C18H17ClN4OS. The number of hydrogen-bond acceptors (Lipinski definition) is 5. The third kappa shape index (κ3) is 3.32. The van der Waals surface area contributed by atoms with Gasteiger partial charge in [0.1, 0.15) is 12.1 Å². The van der Waals surface area contributed by atoms with Crippen LogP contribution in [0.15, 0.2) is 42.0 Å². The largest absolute Gasteiger partial charge is 0.353 e. The highest BCUT2D eigenvalue weighted by Gasteiger charge is 2.22.